The van der Waals surface area contributed by atoms with E-state index in [4.69, 9.17) is 15.0 Å². The third-order valence-electron chi connectivity index (χ3n) is 5.36. The molecule has 0 bridgehead atoms. The number of ether oxygens (including phenoxy) is 2. The molecular formula is C25H27N3O5. The van der Waals surface area contributed by atoms with Gasteiger partial charge in [-0.05, 0) is 53.5 Å². The summed E-state index contributed by atoms with van der Waals surface area (Å²) in [6.07, 6.45) is 1.52. The number of amides is 1. The number of hydrogen-bond donors (Lipinski definition) is 0. The Balaban J connectivity index is 2.10. The molecule has 0 N–H and O–H groups in total. The third-order valence-corrected chi connectivity index (χ3v) is 5.36. The quantitative estimate of drug-likeness (QED) is 0.234. The second-order valence-corrected chi connectivity index (χ2v) is 8.79. The SMILES string of the molecule is CC(C)CCOc1cccc2c1C(=O)c1c(OCCC(C)C)cc(C(=O)N=[N+]=[N-])cc1C2=O. The van der Waals surface area contributed by atoms with Crippen molar-refractivity contribution in [1.29, 1.82) is 0 Å². The number of azide groups is 1. The van der Waals surface area contributed by atoms with Crippen LogP contribution >= 0.6 is 0 Å². The molecule has 1 amide bonds. The van der Waals surface area contributed by atoms with Crippen LogP contribution < -0.4 is 9.47 Å². The number of ketones is 2. The van der Waals surface area contributed by atoms with E-state index < -0.39 is 17.5 Å². The van der Waals surface area contributed by atoms with Crippen molar-refractivity contribution in [3.8, 4) is 11.5 Å². The molecule has 1 aliphatic carbocycles. The van der Waals surface area contributed by atoms with Crippen LogP contribution in [0.1, 0.15) is 82.7 Å². The predicted molar refractivity (Wildman–Crippen MR) is 123 cm³/mol. The van der Waals surface area contributed by atoms with E-state index in [1.165, 1.54) is 12.1 Å². The highest BCUT2D eigenvalue weighted by Gasteiger charge is 2.36. The van der Waals surface area contributed by atoms with Gasteiger partial charge in [-0.1, -0.05) is 39.8 Å². The molecule has 3 rings (SSSR count). The molecule has 0 unspecified atom stereocenters. The molecule has 0 radical (unpaired) electrons. The Hall–Kier alpha value is -3.64. The van der Waals surface area contributed by atoms with E-state index in [1.807, 2.05) is 13.8 Å². The van der Waals surface area contributed by atoms with Gasteiger partial charge in [0.1, 0.15) is 11.5 Å². The van der Waals surface area contributed by atoms with Gasteiger partial charge in [0, 0.05) is 21.6 Å². The lowest BCUT2D eigenvalue weighted by atomic mass is 9.82. The molecule has 0 spiro atoms. The van der Waals surface area contributed by atoms with Crippen LogP contribution in [-0.4, -0.2) is 30.7 Å². The van der Waals surface area contributed by atoms with Crippen LogP contribution in [0.2, 0.25) is 0 Å². The van der Waals surface area contributed by atoms with Crippen molar-refractivity contribution in [3.63, 3.8) is 0 Å². The van der Waals surface area contributed by atoms with Crippen LogP contribution in [0.4, 0.5) is 0 Å². The molecule has 8 heteroatoms. The molecule has 33 heavy (non-hydrogen) atoms. The first-order valence-electron chi connectivity index (χ1n) is 11.0. The van der Waals surface area contributed by atoms with Gasteiger partial charge in [0.15, 0.2) is 5.78 Å². The molecule has 0 heterocycles. The summed E-state index contributed by atoms with van der Waals surface area (Å²) in [6, 6.07) is 7.55. The molecule has 0 saturated heterocycles. The van der Waals surface area contributed by atoms with Crippen molar-refractivity contribution in [2.75, 3.05) is 13.2 Å². The molecule has 172 valence electrons. The van der Waals surface area contributed by atoms with Crippen LogP contribution in [0, 0.1) is 11.8 Å². The Kier molecular flexibility index (Phi) is 7.51. The van der Waals surface area contributed by atoms with Gasteiger partial charge in [-0.25, -0.2) is 0 Å². The number of rotatable bonds is 9. The molecule has 1 aliphatic rings. The average Bonchev–Trinajstić information content (AvgIpc) is 2.76. The Labute approximate surface area is 192 Å². The fourth-order valence-electron chi connectivity index (χ4n) is 3.52. The van der Waals surface area contributed by atoms with Crippen LogP contribution in [0.25, 0.3) is 10.4 Å². The highest BCUT2D eigenvalue weighted by Crippen LogP contribution is 2.38. The minimum absolute atomic E-state index is 0.0139. The monoisotopic (exact) mass is 449 g/mol. The van der Waals surface area contributed by atoms with Crippen LogP contribution in [-0.2, 0) is 0 Å². The van der Waals surface area contributed by atoms with E-state index in [1.54, 1.807) is 18.2 Å². The maximum atomic E-state index is 13.6. The summed E-state index contributed by atoms with van der Waals surface area (Å²) in [5, 5.41) is 3.11. The van der Waals surface area contributed by atoms with E-state index in [0.29, 0.717) is 37.2 Å². The number of fused-ring (bicyclic) bond motifs is 2. The summed E-state index contributed by atoms with van der Waals surface area (Å²) in [6.45, 7) is 8.93. The van der Waals surface area contributed by atoms with E-state index in [2.05, 4.69) is 23.9 Å². The summed E-state index contributed by atoms with van der Waals surface area (Å²) in [4.78, 5) is 41.8. The van der Waals surface area contributed by atoms with Crippen molar-refractivity contribution in [3.05, 3.63) is 68.6 Å². The van der Waals surface area contributed by atoms with Crippen LogP contribution in [0.15, 0.2) is 35.4 Å². The Morgan fingerprint density at radius 1 is 0.909 bits per heavy atom. The Morgan fingerprint density at radius 2 is 1.52 bits per heavy atom. The highest BCUT2D eigenvalue weighted by molar-refractivity contribution is 6.30. The third kappa shape index (κ3) is 5.23. The smallest absolute Gasteiger partial charge is 0.249 e. The fourth-order valence-corrected chi connectivity index (χ4v) is 3.52. The Morgan fingerprint density at radius 3 is 2.12 bits per heavy atom. The van der Waals surface area contributed by atoms with Crippen molar-refractivity contribution in [1.82, 2.24) is 0 Å². The normalized spacial score (nSPS) is 12.3. The first-order chi connectivity index (χ1) is 15.7. The van der Waals surface area contributed by atoms with E-state index >= 15 is 0 Å². The zero-order chi connectivity index (χ0) is 24.1. The number of hydrogen-bond acceptors (Lipinski definition) is 5. The fraction of sp³-hybridized carbons (Fsp3) is 0.400. The van der Waals surface area contributed by atoms with Gasteiger partial charge in [0.2, 0.25) is 11.7 Å². The summed E-state index contributed by atoms with van der Waals surface area (Å²) >= 11 is 0. The molecule has 0 saturated carbocycles. The summed E-state index contributed by atoms with van der Waals surface area (Å²) < 4.78 is 11.7. The van der Waals surface area contributed by atoms with Crippen molar-refractivity contribution < 1.29 is 23.9 Å². The second kappa shape index (κ2) is 10.3. The zero-order valence-corrected chi connectivity index (χ0v) is 19.3. The van der Waals surface area contributed by atoms with Gasteiger partial charge in [0.25, 0.3) is 0 Å². The average molecular weight is 450 g/mol. The number of carbonyl (C=O) groups excluding carboxylic acids is 3. The molecule has 2 aromatic rings. The first kappa shape index (κ1) is 24.0. The topological polar surface area (TPSA) is 118 Å². The number of benzene rings is 2. The van der Waals surface area contributed by atoms with Gasteiger partial charge in [-0.15, -0.1) is 0 Å². The second-order valence-electron chi connectivity index (χ2n) is 8.79. The lowest BCUT2D eigenvalue weighted by molar-refractivity contribution is 0.0968. The van der Waals surface area contributed by atoms with Gasteiger partial charge < -0.3 is 9.47 Å². The van der Waals surface area contributed by atoms with Crippen molar-refractivity contribution in [2.45, 2.75) is 40.5 Å². The van der Waals surface area contributed by atoms with Gasteiger partial charge in [-0.2, -0.15) is 0 Å². The van der Waals surface area contributed by atoms with E-state index in [-0.39, 0.29) is 33.6 Å². The highest BCUT2D eigenvalue weighted by atomic mass is 16.5. The maximum Gasteiger partial charge on any atom is 0.249 e. The lowest BCUT2D eigenvalue weighted by Gasteiger charge is -2.23. The lowest BCUT2D eigenvalue weighted by Crippen LogP contribution is -2.24. The van der Waals surface area contributed by atoms with Crippen molar-refractivity contribution >= 4 is 17.5 Å². The number of nitrogens with zero attached hydrogens (tertiary/aromatic N) is 3. The van der Waals surface area contributed by atoms with Crippen molar-refractivity contribution in [2.24, 2.45) is 17.0 Å². The van der Waals surface area contributed by atoms with Gasteiger partial charge in [-0.3, -0.25) is 14.4 Å². The summed E-state index contributed by atoms with van der Waals surface area (Å²) in [5.41, 5.74) is 9.16. The van der Waals surface area contributed by atoms with Crippen LogP contribution in [0.3, 0.4) is 0 Å². The zero-order valence-electron chi connectivity index (χ0n) is 19.3. The van der Waals surface area contributed by atoms with Gasteiger partial charge >= 0.3 is 0 Å². The standard InChI is InChI=1S/C25H27N3O5/c1-14(2)8-10-32-19-7-5-6-17-21(19)24(30)22-18(23(17)29)12-16(25(31)27-28-26)13-20(22)33-11-9-15(3)4/h5-7,12-15H,8-11H2,1-4H3. The minimum atomic E-state index is -0.856. The first-order valence-corrected chi connectivity index (χ1v) is 11.0. The molecule has 0 aromatic heterocycles. The maximum absolute atomic E-state index is 13.6. The Bertz CT molecular complexity index is 1150. The molecule has 0 fully saturated rings. The molecule has 2 aromatic carbocycles. The summed E-state index contributed by atoms with van der Waals surface area (Å²) in [7, 11) is 0. The van der Waals surface area contributed by atoms with E-state index in [0.717, 1.165) is 6.42 Å². The molecule has 8 nitrogen and oxygen atoms in total. The molecule has 0 atom stereocenters. The minimum Gasteiger partial charge on any atom is -0.493 e. The molecular weight excluding hydrogens is 422 g/mol. The largest absolute Gasteiger partial charge is 0.493 e. The summed E-state index contributed by atoms with van der Waals surface area (Å²) in [5.74, 6) is -0.431. The van der Waals surface area contributed by atoms with Gasteiger partial charge in [0.05, 0.1) is 24.3 Å². The number of carbonyl (C=O) groups is 3. The van der Waals surface area contributed by atoms with E-state index in [9.17, 15) is 14.4 Å². The predicted octanol–water partition coefficient (Wildman–Crippen LogP) is 5.76. The molecule has 0 aliphatic heterocycles. The van der Waals surface area contributed by atoms with Crippen LogP contribution in [0.5, 0.6) is 11.5 Å².